The monoisotopic (exact) mass is 616 g/mol. The number of nitrogens with one attached hydrogen (secondary N) is 2. The third kappa shape index (κ3) is 7.73. The Morgan fingerprint density at radius 1 is 0.857 bits per heavy atom. The summed E-state index contributed by atoms with van der Waals surface area (Å²) in [7, 11) is 0. The number of Topliss-reactive ketones (excluding diaryl/α,β-unsaturated/α-hetero) is 1. The molecule has 1 aliphatic carbocycles. The fraction of sp³-hybridized carbons (Fsp3) is 0.296. The topological polar surface area (TPSA) is 136 Å². The molecule has 0 unspecified atom stereocenters. The molecule has 15 heteroatoms. The number of amides is 2. The molecular formula is C27H23F3N6O4S2. The van der Waals surface area contributed by atoms with Gasteiger partial charge in [0.05, 0.1) is 6.42 Å². The molecule has 0 radical (unpaired) electrons. The lowest BCUT2D eigenvalue weighted by molar-refractivity contribution is -0.274. The Hall–Kier alpha value is -4.24. The van der Waals surface area contributed by atoms with Crippen molar-refractivity contribution in [3.8, 4) is 5.75 Å². The van der Waals surface area contributed by atoms with Crippen LogP contribution in [-0.2, 0) is 16.0 Å². The van der Waals surface area contributed by atoms with E-state index in [1.807, 2.05) is 0 Å². The van der Waals surface area contributed by atoms with Crippen LogP contribution >= 0.6 is 22.7 Å². The van der Waals surface area contributed by atoms with Crippen LogP contribution in [0.3, 0.4) is 0 Å². The van der Waals surface area contributed by atoms with Crippen molar-refractivity contribution in [1.82, 2.24) is 20.4 Å². The molecule has 2 atom stereocenters. The normalized spacial score (nSPS) is 16.9. The molecule has 0 spiro atoms. The van der Waals surface area contributed by atoms with Gasteiger partial charge in [-0.15, -0.1) is 33.6 Å². The number of anilines is 2. The second-order valence-electron chi connectivity index (χ2n) is 9.52. The maximum Gasteiger partial charge on any atom is 0.573 e. The molecule has 2 aromatic carbocycles. The first-order valence-corrected chi connectivity index (χ1v) is 14.5. The largest absolute Gasteiger partial charge is 0.573 e. The lowest BCUT2D eigenvalue weighted by Gasteiger charge is -2.25. The lowest BCUT2D eigenvalue weighted by Crippen LogP contribution is -2.22. The fourth-order valence-electron chi connectivity index (χ4n) is 4.61. The number of carbonyl (C=O) groups excluding carboxylic acids is 3. The highest BCUT2D eigenvalue weighted by Gasteiger charge is 2.32. The fourth-order valence-corrected chi connectivity index (χ4v) is 6.41. The van der Waals surface area contributed by atoms with Crippen molar-refractivity contribution >= 4 is 50.5 Å². The molecule has 2 N–H and O–H groups in total. The summed E-state index contributed by atoms with van der Waals surface area (Å²) in [5, 5.41) is 23.9. The second-order valence-corrected chi connectivity index (χ2v) is 11.5. The van der Waals surface area contributed by atoms with E-state index in [9.17, 15) is 27.6 Å². The van der Waals surface area contributed by atoms with Crippen molar-refractivity contribution in [2.75, 3.05) is 10.6 Å². The first-order valence-electron chi connectivity index (χ1n) is 12.8. The van der Waals surface area contributed by atoms with Crippen molar-refractivity contribution in [2.45, 2.75) is 50.3 Å². The van der Waals surface area contributed by atoms with Gasteiger partial charge in [0.2, 0.25) is 16.2 Å². The van der Waals surface area contributed by atoms with Gasteiger partial charge >= 0.3 is 6.36 Å². The van der Waals surface area contributed by atoms with E-state index in [1.54, 1.807) is 30.3 Å². The zero-order chi connectivity index (χ0) is 29.7. The summed E-state index contributed by atoms with van der Waals surface area (Å²) in [6.07, 6.45) is -1.61. The number of alkyl halides is 3. The summed E-state index contributed by atoms with van der Waals surface area (Å²) >= 11 is 2.48. The Labute approximate surface area is 245 Å². The highest BCUT2D eigenvalue weighted by Crippen LogP contribution is 2.43. The van der Waals surface area contributed by atoms with Crippen LogP contribution in [0.25, 0.3) is 0 Å². The van der Waals surface area contributed by atoms with Gasteiger partial charge in [-0.25, -0.2) is 0 Å². The number of halogens is 3. The molecule has 0 aliphatic heterocycles. The quantitative estimate of drug-likeness (QED) is 0.180. The van der Waals surface area contributed by atoms with Crippen LogP contribution in [0.1, 0.15) is 63.5 Å². The Kier molecular flexibility index (Phi) is 8.87. The average Bonchev–Trinajstić information content (AvgIpc) is 3.62. The minimum atomic E-state index is -4.82. The van der Waals surface area contributed by atoms with Gasteiger partial charge in [-0.05, 0) is 37.0 Å². The molecule has 10 nitrogen and oxygen atoms in total. The van der Waals surface area contributed by atoms with Gasteiger partial charge in [0.15, 0.2) is 0 Å². The summed E-state index contributed by atoms with van der Waals surface area (Å²) in [6, 6.07) is 13.5. The van der Waals surface area contributed by atoms with E-state index in [-0.39, 0.29) is 29.0 Å². The number of carbonyl (C=O) groups is 3. The Morgan fingerprint density at radius 3 is 2.14 bits per heavy atom. The molecular weight excluding hydrogens is 593 g/mol. The van der Waals surface area contributed by atoms with Gasteiger partial charge in [-0.1, -0.05) is 71.6 Å². The van der Waals surface area contributed by atoms with Crippen LogP contribution in [0.2, 0.25) is 0 Å². The summed E-state index contributed by atoms with van der Waals surface area (Å²) < 4.78 is 41.3. The number of hydrogen-bond acceptors (Lipinski definition) is 10. The smallest absolute Gasteiger partial charge is 0.406 e. The molecule has 1 aliphatic rings. The van der Waals surface area contributed by atoms with E-state index in [4.69, 9.17) is 0 Å². The molecule has 2 heterocycles. The van der Waals surface area contributed by atoms with Crippen molar-refractivity contribution in [3.63, 3.8) is 0 Å². The molecule has 2 aromatic heterocycles. The van der Waals surface area contributed by atoms with Gasteiger partial charge in [0.1, 0.15) is 15.8 Å². The van der Waals surface area contributed by atoms with Crippen LogP contribution in [0.5, 0.6) is 5.75 Å². The van der Waals surface area contributed by atoms with Crippen LogP contribution in [0.4, 0.5) is 23.4 Å². The van der Waals surface area contributed by atoms with Gasteiger partial charge in [0.25, 0.3) is 11.7 Å². The Morgan fingerprint density at radius 2 is 1.50 bits per heavy atom. The molecule has 2 amide bonds. The number of ketones is 1. The minimum Gasteiger partial charge on any atom is -0.406 e. The van der Waals surface area contributed by atoms with E-state index in [0.29, 0.717) is 10.7 Å². The highest BCUT2D eigenvalue weighted by molar-refractivity contribution is 7.15. The number of rotatable bonds is 9. The minimum absolute atomic E-state index is 0.0738. The lowest BCUT2D eigenvalue weighted by atomic mass is 9.82. The van der Waals surface area contributed by atoms with E-state index in [0.717, 1.165) is 47.8 Å². The van der Waals surface area contributed by atoms with Gasteiger partial charge in [0, 0.05) is 17.4 Å². The Balaban J connectivity index is 1.15. The molecule has 5 rings (SSSR count). The van der Waals surface area contributed by atoms with Crippen LogP contribution in [0, 0.1) is 0 Å². The SMILES string of the molecule is O=C(Cc1cccc(OC(F)(F)F)c1)Nc1nnc([C@H]2CCC[C@H](c3nnc(NC(=O)C(=O)c4ccccc4)s3)C2)s1. The van der Waals surface area contributed by atoms with Crippen LogP contribution < -0.4 is 15.4 Å². The number of nitrogens with zero attached hydrogens (tertiary/aromatic N) is 4. The predicted octanol–water partition coefficient (Wildman–Crippen LogP) is 5.73. The first-order chi connectivity index (χ1) is 20.1. The van der Waals surface area contributed by atoms with Gasteiger partial charge in [-0.2, -0.15) is 0 Å². The van der Waals surface area contributed by atoms with E-state index in [1.165, 1.54) is 34.8 Å². The molecule has 42 heavy (non-hydrogen) atoms. The molecule has 0 bridgehead atoms. The summed E-state index contributed by atoms with van der Waals surface area (Å²) in [4.78, 5) is 37.2. The number of ether oxygens (including phenoxy) is 1. The molecule has 4 aromatic rings. The first kappa shape index (κ1) is 29.3. The van der Waals surface area contributed by atoms with E-state index in [2.05, 4.69) is 35.8 Å². The van der Waals surface area contributed by atoms with Crippen LogP contribution in [0.15, 0.2) is 54.6 Å². The number of aromatic nitrogens is 4. The summed E-state index contributed by atoms with van der Waals surface area (Å²) in [5.74, 6) is -2.14. The number of benzene rings is 2. The maximum absolute atomic E-state index is 12.5. The van der Waals surface area contributed by atoms with Crippen molar-refractivity contribution in [2.24, 2.45) is 0 Å². The molecule has 0 saturated heterocycles. The van der Waals surface area contributed by atoms with Gasteiger partial charge in [-0.3, -0.25) is 19.7 Å². The van der Waals surface area contributed by atoms with E-state index < -0.39 is 29.7 Å². The zero-order valence-corrected chi connectivity index (χ0v) is 23.4. The summed E-state index contributed by atoms with van der Waals surface area (Å²) in [6.45, 7) is 0. The van der Waals surface area contributed by atoms with Crippen molar-refractivity contribution in [3.05, 3.63) is 75.7 Å². The van der Waals surface area contributed by atoms with Crippen molar-refractivity contribution in [1.29, 1.82) is 0 Å². The average molecular weight is 617 g/mol. The maximum atomic E-state index is 12.5. The summed E-state index contributed by atoms with van der Waals surface area (Å²) in [5.41, 5.74) is 0.637. The molecule has 218 valence electrons. The highest BCUT2D eigenvalue weighted by atomic mass is 32.1. The second kappa shape index (κ2) is 12.7. The van der Waals surface area contributed by atoms with Gasteiger partial charge < -0.3 is 10.1 Å². The Bertz CT molecular complexity index is 1580. The van der Waals surface area contributed by atoms with E-state index >= 15 is 0 Å². The van der Waals surface area contributed by atoms with Crippen molar-refractivity contribution < 1.29 is 32.3 Å². The third-order valence-corrected chi connectivity index (χ3v) is 8.46. The standard InChI is InChI=1S/C27H23F3N6O4S2/c28-27(29,30)40-19-11-4-6-15(12-19)13-20(37)31-25-35-33-23(41-25)17-9-5-10-18(14-17)24-34-36-26(42-24)32-22(39)21(38)16-7-2-1-3-8-16/h1-4,6-8,11-12,17-18H,5,9-10,13-14H2,(H,31,35,37)(H,32,36,39)/t17-,18-/m0/s1. The predicted molar refractivity (Wildman–Crippen MR) is 149 cm³/mol. The molecule has 1 fully saturated rings. The zero-order valence-electron chi connectivity index (χ0n) is 21.8. The molecule has 1 saturated carbocycles. The van der Waals surface area contributed by atoms with Crippen LogP contribution in [-0.4, -0.2) is 44.4 Å². The number of hydrogen-bond donors (Lipinski definition) is 2. The third-order valence-electron chi connectivity index (χ3n) is 6.46.